The molecule has 0 bridgehead atoms. The number of hydrogen-bond donors (Lipinski definition) is 3. The van der Waals surface area contributed by atoms with Crippen molar-refractivity contribution in [1.29, 1.82) is 0 Å². The zero-order valence-electron chi connectivity index (χ0n) is 14.9. The number of benzene rings is 1. The molecule has 0 heterocycles. The number of aliphatic hydroxyl groups excluding tert-OH is 1. The van der Waals surface area contributed by atoms with Crippen molar-refractivity contribution in [2.24, 2.45) is 5.92 Å². The van der Waals surface area contributed by atoms with E-state index in [0.29, 0.717) is 19.1 Å². The van der Waals surface area contributed by atoms with Crippen molar-refractivity contribution in [3.05, 3.63) is 29.8 Å². The fraction of sp³-hybridized carbons (Fsp3) is 0.632. The van der Waals surface area contributed by atoms with Crippen LogP contribution in [0, 0.1) is 5.92 Å². The summed E-state index contributed by atoms with van der Waals surface area (Å²) in [5.74, 6) is 0.0744. The molecule has 0 aromatic heterocycles. The highest BCUT2D eigenvalue weighted by Gasteiger charge is 2.18. The number of nitrogens with one attached hydrogen (secondary N) is 2. The van der Waals surface area contributed by atoms with E-state index in [9.17, 15) is 4.79 Å². The van der Waals surface area contributed by atoms with Crippen LogP contribution in [0.15, 0.2) is 24.3 Å². The van der Waals surface area contributed by atoms with Gasteiger partial charge in [-0.05, 0) is 36.5 Å². The summed E-state index contributed by atoms with van der Waals surface area (Å²) in [5.41, 5.74) is 2.33. The first-order valence-electron chi connectivity index (χ1n) is 9.04. The molecule has 1 aliphatic carbocycles. The highest BCUT2D eigenvalue weighted by atomic mass is 16.3. The summed E-state index contributed by atoms with van der Waals surface area (Å²) >= 11 is 0. The van der Waals surface area contributed by atoms with Crippen molar-refractivity contribution in [3.63, 3.8) is 0 Å². The zero-order valence-corrected chi connectivity index (χ0v) is 14.9. The third-order valence-electron chi connectivity index (χ3n) is 4.84. The summed E-state index contributed by atoms with van der Waals surface area (Å²) in [7, 11) is 2.18. The minimum Gasteiger partial charge on any atom is -0.396 e. The normalized spacial score (nSPS) is 16.5. The fourth-order valence-electron chi connectivity index (χ4n) is 3.10. The lowest BCUT2D eigenvalue weighted by Crippen LogP contribution is -2.38. The Morgan fingerprint density at radius 1 is 1.21 bits per heavy atom. The number of nitrogens with zero attached hydrogens (tertiary/aromatic N) is 1. The number of anilines is 1. The minimum absolute atomic E-state index is 0.0744. The summed E-state index contributed by atoms with van der Waals surface area (Å²) in [4.78, 5) is 14.1. The molecule has 1 aliphatic rings. The van der Waals surface area contributed by atoms with Crippen molar-refractivity contribution in [1.82, 2.24) is 10.6 Å². The second-order valence-corrected chi connectivity index (χ2v) is 6.92. The van der Waals surface area contributed by atoms with Crippen molar-refractivity contribution in [3.8, 4) is 0 Å². The van der Waals surface area contributed by atoms with Gasteiger partial charge in [-0.1, -0.05) is 38.3 Å². The number of carbonyl (C=O) groups excluding carboxylic acids is 1. The number of hydrogen-bond acceptors (Lipinski definition) is 3. The predicted octanol–water partition coefficient (Wildman–Crippen LogP) is 2.88. The van der Waals surface area contributed by atoms with Crippen molar-refractivity contribution in [2.75, 3.05) is 25.1 Å². The quantitative estimate of drug-likeness (QED) is 0.719. The Kier molecular flexibility index (Phi) is 7.37. The van der Waals surface area contributed by atoms with E-state index in [1.807, 2.05) is 6.92 Å². The van der Waals surface area contributed by atoms with E-state index < -0.39 is 0 Å². The molecule has 1 aromatic rings. The number of rotatable bonds is 7. The van der Waals surface area contributed by atoms with Gasteiger partial charge in [-0.2, -0.15) is 0 Å². The molecular formula is C19H31N3O2. The predicted molar refractivity (Wildman–Crippen MR) is 98.2 cm³/mol. The molecule has 1 unspecified atom stereocenters. The van der Waals surface area contributed by atoms with Gasteiger partial charge in [0.1, 0.15) is 0 Å². The number of amides is 2. The Morgan fingerprint density at radius 3 is 2.50 bits per heavy atom. The minimum atomic E-state index is -0.196. The van der Waals surface area contributed by atoms with Gasteiger partial charge in [-0.15, -0.1) is 0 Å². The molecule has 5 nitrogen and oxygen atoms in total. The van der Waals surface area contributed by atoms with Crippen LogP contribution in [-0.4, -0.2) is 37.4 Å². The molecule has 5 heteroatoms. The van der Waals surface area contributed by atoms with Gasteiger partial charge in [0.15, 0.2) is 0 Å². The lowest BCUT2D eigenvalue weighted by Gasteiger charge is -2.33. The molecule has 1 saturated carbocycles. The average molecular weight is 333 g/mol. The Morgan fingerprint density at radius 2 is 1.88 bits per heavy atom. The number of urea groups is 1. The Labute approximate surface area is 145 Å². The summed E-state index contributed by atoms with van der Waals surface area (Å²) in [6.07, 6.45) is 6.61. The molecule has 24 heavy (non-hydrogen) atoms. The van der Waals surface area contributed by atoms with Crippen LogP contribution in [0.25, 0.3) is 0 Å². The highest BCUT2D eigenvalue weighted by molar-refractivity contribution is 5.73. The molecule has 0 spiro atoms. The standard InChI is InChI=1S/C19H31N3O2/c1-15(14-23)12-20-19(24)21-13-16-8-10-18(11-9-16)22(2)17-6-4-3-5-7-17/h8-11,15,17,23H,3-7,12-14H2,1-2H3,(H2,20,21,24). The summed E-state index contributed by atoms with van der Waals surface area (Å²) in [5, 5.41) is 14.5. The first-order valence-corrected chi connectivity index (χ1v) is 9.04. The van der Waals surface area contributed by atoms with E-state index in [1.54, 1.807) is 0 Å². The van der Waals surface area contributed by atoms with Gasteiger partial charge in [0.05, 0.1) is 0 Å². The largest absolute Gasteiger partial charge is 0.396 e. The van der Waals surface area contributed by atoms with Gasteiger partial charge >= 0.3 is 6.03 Å². The van der Waals surface area contributed by atoms with Gasteiger partial charge in [-0.3, -0.25) is 0 Å². The third kappa shape index (κ3) is 5.71. The zero-order chi connectivity index (χ0) is 17.4. The van der Waals surface area contributed by atoms with E-state index in [0.717, 1.165) is 5.56 Å². The molecular weight excluding hydrogens is 302 g/mol. The van der Waals surface area contributed by atoms with E-state index in [4.69, 9.17) is 5.11 Å². The Bertz CT molecular complexity index is 498. The van der Waals surface area contributed by atoms with Crippen LogP contribution in [0.3, 0.4) is 0 Å². The van der Waals surface area contributed by atoms with Crippen LogP contribution in [0.1, 0.15) is 44.6 Å². The van der Waals surface area contributed by atoms with Crippen LogP contribution in [0.2, 0.25) is 0 Å². The van der Waals surface area contributed by atoms with Gasteiger partial charge in [0.25, 0.3) is 0 Å². The first kappa shape index (κ1) is 18.6. The van der Waals surface area contributed by atoms with Crippen molar-refractivity contribution in [2.45, 2.75) is 51.6 Å². The third-order valence-corrected chi connectivity index (χ3v) is 4.84. The molecule has 1 aromatic carbocycles. The smallest absolute Gasteiger partial charge is 0.315 e. The van der Waals surface area contributed by atoms with Crippen LogP contribution in [0.5, 0.6) is 0 Å². The molecule has 134 valence electrons. The fourth-order valence-corrected chi connectivity index (χ4v) is 3.10. The lowest BCUT2D eigenvalue weighted by atomic mass is 9.94. The maximum atomic E-state index is 11.7. The molecule has 2 amide bonds. The molecule has 0 saturated heterocycles. The van der Waals surface area contributed by atoms with Gasteiger partial charge in [0.2, 0.25) is 0 Å². The molecule has 2 rings (SSSR count). The lowest BCUT2D eigenvalue weighted by molar-refractivity contribution is 0.222. The molecule has 0 aliphatic heterocycles. The van der Waals surface area contributed by atoms with Crippen molar-refractivity contribution >= 4 is 11.7 Å². The van der Waals surface area contributed by atoms with E-state index in [-0.39, 0.29) is 18.6 Å². The molecule has 0 radical (unpaired) electrons. The molecule has 3 N–H and O–H groups in total. The molecule has 1 atom stereocenters. The summed E-state index contributed by atoms with van der Waals surface area (Å²) in [6.45, 7) is 2.96. The SMILES string of the molecule is CC(CO)CNC(=O)NCc1ccc(N(C)C2CCCCC2)cc1. The van der Waals surface area contributed by atoms with Crippen molar-refractivity contribution < 1.29 is 9.90 Å². The second kappa shape index (κ2) is 9.52. The first-order chi connectivity index (χ1) is 11.6. The average Bonchev–Trinajstić information content (AvgIpc) is 2.64. The Hall–Kier alpha value is -1.75. The van der Waals surface area contributed by atoms with E-state index in [2.05, 4.69) is 46.8 Å². The topological polar surface area (TPSA) is 64.6 Å². The summed E-state index contributed by atoms with van der Waals surface area (Å²) in [6, 6.07) is 8.88. The maximum Gasteiger partial charge on any atom is 0.315 e. The number of aliphatic hydroxyl groups is 1. The highest BCUT2D eigenvalue weighted by Crippen LogP contribution is 2.26. The van der Waals surface area contributed by atoms with E-state index >= 15 is 0 Å². The van der Waals surface area contributed by atoms with Crippen LogP contribution in [-0.2, 0) is 6.54 Å². The number of carbonyl (C=O) groups is 1. The second-order valence-electron chi connectivity index (χ2n) is 6.92. The van der Waals surface area contributed by atoms with Gasteiger partial charge in [0, 0.05) is 38.5 Å². The maximum absolute atomic E-state index is 11.7. The van der Waals surface area contributed by atoms with Crippen LogP contribution >= 0.6 is 0 Å². The van der Waals surface area contributed by atoms with Crippen LogP contribution < -0.4 is 15.5 Å². The Balaban J connectivity index is 1.78. The molecule has 1 fully saturated rings. The summed E-state index contributed by atoms with van der Waals surface area (Å²) < 4.78 is 0. The van der Waals surface area contributed by atoms with Crippen LogP contribution in [0.4, 0.5) is 10.5 Å². The van der Waals surface area contributed by atoms with Gasteiger partial charge < -0.3 is 20.6 Å². The monoisotopic (exact) mass is 333 g/mol. The van der Waals surface area contributed by atoms with Gasteiger partial charge in [-0.25, -0.2) is 4.79 Å². The van der Waals surface area contributed by atoms with E-state index in [1.165, 1.54) is 37.8 Å².